The van der Waals surface area contributed by atoms with Gasteiger partial charge in [0.2, 0.25) is 0 Å². The second-order valence-corrected chi connectivity index (χ2v) is 7.24. The van der Waals surface area contributed by atoms with E-state index in [1.54, 1.807) is 24.3 Å². The van der Waals surface area contributed by atoms with Crippen LogP contribution in [0.4, 0.5) is 0 Å². The van der Waals surface area contributed by atoms with E-state index in [1.165, 1.54) is 0 Å². The summed E-state index contributed by atoms with van der Waals surface area (Å²) in [7, 11) is 0. The molecular weight excluding hydrogens is 314 g/mol. The van der Waals surface area contributed by atoms with Crippen LogP contribution in [0.2, 0.25) is 0 Å². The van der Waals surface area contributed by atoms with Gasteiger partial charge in [-0.05, 0) is 26.7 Å². The second-order valence-electron chi connectivity index (χ2n) is 6.35. The van der Waals surface area contributed by atoms with Crippen molar-refractivity contribution in [2.24, 2.45) is 5.92 Å². The van der Waals surface area contributed by atoms with E-state index in [0.717, 1.165) is 30.1 Å². The highest BCUT2D eigenvalue weighted by molar-refractivity contribution is 7.09. The van der Waals surface area contributed by atoms with E-state index in [-0.39, 0.29) is 18.1 Å². The molecule has 0 radical (unpaired) electrons. The monoisotopic (exact) mass is 333 g/mol. The van der Waals surface area contributed by atoms with Gasteiger partial charge < -0.3 is 14.2 Å². The first kappa shape index (κ1) is 14.8. The predicted octanol–water partition coefficient (Wildman–Crippen LogP) is 2.74. The molecule has 2 fully saturated rings. The van der Waals surface area contributed by atoms with E-state index < -0.39 is 0 Å². The Hall–Kier alpha value is -1.73. The van der Waals surface area contributed by atoms with Gasteiger partial charge in [-0.15, -0.1) is 11.3 Å². The molecule has 0 bridgehead atoms. The topological polar surface area (TPSA) is 68.5 Å². The lowest BCUT2D eigenvalue weighted by molar-refractivity contribution is 0.00200. The molecule has 0 N–H and O–H groups in total. The zero-order valence-electron chi connectivity index (χ0n) is 13.2. The highest BCUT2D eigenvalue weighted by Crippen LogP contribution is 2.41. The third-order valence-corrected chi connectivity index (χ3v) is 5.62. The van der Waals surface area contributed by atoms with Crippen LogP contribution in [-0.4, -0.2) is 40.1 Å². The fraction of sp³-hybridized carbons (Fsp3) is 0.562. The molecule has 2 aliphatic heterocycles. The Morgan fingerprint density at radius 1 is 1.43 bits per heavy atom. The van der Waals surface area contributed by atoms with Crippen molar-refractivity contribution in [3.8, 4) is 0 Å². The molecule has 0 aromatic carbocycles. The van der Waals surface area contributed by atoms with Crippen LogP contribution in [0.25, 0.3) is 0 Å². The fourth-order valence-electron chi connectivity index (χ4n) is 3.45. The van der Waals surface area contributed by atoms with E-state index in [2.05, 4.69) is 15.5 Å². The summed E-state index contributed by atoms with van der Waals surface area (Å²) >= 11 is 1.66. The minimum Gasteiger partial charge on any atom is -0.367 e. The number of hydrogen-bond donors (Lipinski definition) is 0. The smallest absolute Gasteiger partial charge is 0.276 e. The van der Waals surface area contributed by atoms with Crippen molar-refractivity contribution >= 4 is 17.2 Å². The Kier molecular flexibility index (Phi) is 3.69. The van der Waals surface area contributed by atoms with Gasteiger partial charge in [-0.1, -0.05) is 5.16 Å². The number of amides is 1. The van der Waals surface area contributed by atoms with Gasteiger partial charge in [0.15, 0.2) is 5.69 Å². The van der Waals surface area contributed by atoms with Gasteiger partial charge in [-0.25, -0.2) is 4.98 Å². The molecule has 2 saturated heterocycles. The van der Waals surface area contributed by atoms with Crippen molar-refractivity contribution in [2.75, 3.05) is 13.1 Å². The Bertz CT molecular complexity index is 726. The number of ether oxygens (including phenoxy) is 1. The number of likely N-dealkylation sites (tertiary alicyclic amines) is 1. The molecule has 2 aliphatic rings. The van der Waals surface area contributed by atoms with Crippen LogP contribution in [0.5, 0.6) is 0 Å². The zero-order chi connectivity index (χ0) is 16.0. The molecule has 0 aliphatic carbocycles. The lowest BCUT2D eigenvalue weighted by Crippen LogP contribution is -2.44. The maximum Gasteiger partial charge on any atom is 0.276 e. The maximum absolute atomic E-state index is 12.5. The first-order valence-electron chi connectivity index (χ1n) is 7.90. The number of carbonyl (C=O) groups is 1. The molecule has 0 saturated carbocycles. The van der Waals surface area contributed by atoms with Gasteiger partial charge in [-0.3, -0.25) is 4.79 Å². The SMILES string of the molecule is Cc1csc([C@H]2C[C@H]3CN(C(=O)c4cc(C)on4)CC[C@@H]3O2)n1. The van der Waals surface area contributed by atoms with Gasteiger partial charge in [0, 0.05) is 36.1 Å². The van der Waals surface area contributed by atoms with Crippen molar-refractivity contribution in [1.82, 2.24) is 15.0 Å². The summed E-state index contributed by atoms with van der Waals surface area (Å²) in [6, 6.07) is 1.70. The molecule has 2 aromatic heterocycles. The molecule has 1 amide bonds. The van der Waals surface area contributed by atoms with Crippen molar-refractivity contribution in [3.63, 3.8) is 0 Å². The van der Waals surface area contributed by atoms with Crippen LogP contribution in [0.3, 0.4) is 0 Å². The summed E-state index contributed by atoms with van der Waals surface area (Å²) in [5.41, 5.74) is 1.44. The largest absolute Gasteiger partial charge is 0.367 e. The molecule has 0 unspecified atom stereocenters. The minimum atomic E-state index is -0.0474. The summed E-state index contributed by atoms with van der Waals surface area (Å²) in [4.78, 5) is 18.9. The summed E-state index contributed by atoms with van der Waals surface area (Å²) in [6.45, 7) is 5.22. The highest BCUT2D eigenvalue weighted by Gasteiger charge is 2.42. The average Bonchev–Trinajstić information content (AvgIpc) is 3.24. The standard InChI is InChI=1S/C16H19N3O3S/c1-9-8-23-15(17-9)14-6-11-7-19(4-3-13(11)21-14)16(20)12-5-10(2)22-18-12/h5,8,11,13-14H,3-4,6-7H2,1-2H3/t11-,13-,14+/m0/s1. The van der Waals surface area contributed by atoms with Crippen LogP contribution >= 0.6 is 11.3 Å². The van der Waals surface area contributed by atoms with Crippen molar-refractivity contribution in [3.05, 3.63) is 33.6 Å². The number of fused-ring (bicyclic) bond motifs is 1. The quantitative estimate of drug-likeness (QED) is 0.845. The second kappa shape index (κ2) is 5.72. The maximum atomic E-state index is 12.5. The lowest BCUT2D eigenvalue weighted by Gasteiger charge is -2.33. The number of carbonyl (C=O) groups excluding carboxylic acids is 1. The Labute approximate surface area is 138 Å². The van der Waals surface area contributed by atoms with E-state index in [4.69, 9.17) is 9.26 Å². The Morgan fingerprint density at radius 2 is 2.30 bits per heavy atom. The molecular formula is C16H19N3O3S. The van der Waals surface area contributed by atoms with Crippen LogP contribution in [0.15, 0.2) is 16.0 Å². The van der Waals surface area contributed by atoms with E-state index in [1.807, 2.05) is 11.8 Å². The summed E-state index contributed by atoms with van der Waals surface area (Å²) in [6.07, 6.45) is 2.10. The molecule has 4 rings (SSSR count). The van der Waals surface area contributed by atoms with Crippen molar-refractivity contribution < 1.29 is 14.1 Å². The molecule has 4 heterocycles. The molecule has 23 heavy (non-hydrogen) atoms. The lowest BCUT2D eigenvalue weighted by atomic mass is 9.92. The number of thiazole rings is 1. The van der Waals surface area contributed by atoms with Gasteiger partial charge >= 0.3 is 0 Å². The number of hydrogen-bond acceptors (Lipinski definition) is 6. The first-order valence-corrected chi connectivity index (χ1v) is 8.78. The molecule has 122 valence electrons. The Morgan fingerprint density at radius 3 is 3.00 bits per heavy atom. The van der Waals surface area contributed by atoms with Gasteiger partial charge in [0.1, 0.15) is 16.9 Å². The van der Waals surface area contributed by atoms with E-state index >= 15 is 0 Å². The van der Waals surface area contributed by atoms with Gasteiger partial charge in [0.25, 0.3) is 5.91 Å². The van der Waals surface area contributed by atoms with Gasteiger partial charge in [-0.2, -0.15) is 0 Å². The molecule has 7 heteroatoms. The molecule has 0 spiro atoms. The van der Waals surface area contributed by atoms with Crippen LogP contribution in [-0.2, 0) is 4.74 Å². The third-order valence-electron chi connectivity index (χ3n) is 4.57. The van der Waals surface area contributed by atoms with Crippen molar-refractivity contribution in [2.45, 2.75) is 38.9 Å². The first-order chi connectivity index (χ1) is 11.1. The van der Waals surface area contributed by atoms with Crippen LogP contribution in [0, 0.1) is 19.8 Å². The number of aromatic nitrogens is 2. The molecule has 3 atom stereocenters. The number of piperidine rings is 1. The summed E-state index contributed by atoms with van der Waals surface area (Å²) in [5.74, 6) is 0.982. The number of rotatable bonds is 2. The van der Waals surface area contributed by atoms with E-state index in [0.29, 0.717) is 23.9 Å². The van der Waals surface area contributed by atoms with Crippen molar-refractivity contribution in [1.29, 1.82) is 0 Å². The predicted molar refractivity (Wildman–Crippen MR) is 84.3 cm³/mol. The van der Waals surface area contributed by atoms with Gasteiger partial charge in [0.05, 0.1) is 6.10 Å². The fourth-order valence-corrected chi connectivity index (χ4v) is 4.29. The zero-order valence-corrected chi connectivity index (χ0v) is 14.0. The molecule has 2 aromatic rings. The Balaban J connectivity index is 1.44. The van der Waals surface area contributed by atoms with Crippen LogP contribution < -0.4 is 0 Å². The number of nitrogens with zero attached hydrogens (tertiary/aromatic N) is 3. The normalized spacial score (nSPS) is 27.2. The summed E-state index contributed by atoms with van der Waals surface area (Å²) < 4.78 is 11.2. The highest BCUT2D eigenvalue weighted by atomic mass is 32.1. The van der Waals surface area contributed by atoms with Crippen LogP contribution in [0.1, 0.15) is 45.9 Å². The number of aryl methyl sites for hydroxylation is 2. The van der Waals surface area contributed by atoms with E-state index in [9.17, 15) is 4.79 Å². The summed E-state index contributed by atoms with van der Waals surface area (Å²) in [5, 5.41) is 6.95. The minimum absolute atomic E-state index is 0.0474. The molecule has 6 nitrogen and oxygen atoms in total. The average molecular weight is 333 g/mol. The third kappa shape index (κ3) is 2.79.